The van der Waals surface area contributed by atoms with Crippen molar-refractivity contribution >= 4 is 11.3 Å². The Hall–Kier alpha value is -0.450. The molecule has 1 aromatic rings. The zero-order valence-electron chi connectivity index (χ0n) is 11.3. The second-order valence-electron chi connectivity index (χ2n) is 5.33. The van der Waals surface area contributed by atoms with Crippen molar-refractivity contribution in [2.75, 3.05) is 6.54 Å². The van der Waals surface area contributed by atoms with E-state index in [9.17, 15) is 0 Å². The van der Waals surface area contributed by atoms with Gasteiger partial charge in [-0.2, -0.15) is 0 Å². The van der Waals surface area contributed by atoms with Gasteiger partial charge in [-0.15, -0.1) is 11.3 Å². The van der Waals surface area contributed by atoms with Crippen LogP contribution in [-0.4, -0.2) is 28.5 Å². The largest absolute Gasteiger partial charge is 0.308 e. The molecule has 1 N–H and O–H groups in total. The van der Waals surface area contributed by atoms with Crippen molar-refractivity contribution in [1.82, 2.24) is 15.2 Å². The molecule has 0 fully saturated rings. The van der Waals surface area contributed by atoms with Crippen LogP contribution in [-0.2, 0) is 19.5 Å². The number of fused-ring (bicyclic) bond motifs is 1. The fourth-order valence-corrected chi connectivity index (χ4v) is 3.17. The summed E-state index contributed by atoms with van der Waals surface area (Å²) >= 11 is 1.88. The Morgan fingerprint density at radius 2 is 2.12 bits per heavy atom. The summed E-state index contributed by atoms with van der Waals surface area (Å²) in [5, 5.41) is 4.68. The highest BCUT2D eigenvalue weighted by Gasteiger charge is 2.21. The Balaban J connectivity index is 2.01. The van der Waals surface area contributed by atoms with E-state index in [2.05, 4.69) is 37.9 Å². The van der Waals surface area contributed by atoms with Gasteiger partial charge in [-0.05, 0) is 13.8 Å². The molecule has 17 heavy (non-hydrogen) atoms. The summed E-state index contributed by atoms with van der Waals surface area (Å²) in [5.41, 5.74) is 1.34. The number of thiazole rings is 1. The Morgan fingerprint density at radius 3 is 2.76 bits per heavy atom. The first-order valence-electron chi connectivity index (χ1n) is 6.51. The topological polar surface area (TPSA) is 28.2 Å². The summed E-state index contributed by atoms with van der Waals surface area (Å²) in [7, 11) is 0. The van der Waals surface area contributed by atoms with E-state index in [1.165, 1.54) is 15.6 Å². The van der Waals surface area contributed by atoms with E-state index in [4.69, 9.17) is 4.98 Å². The van der Waals surface area contributed by atoms with Crippen molar-refractivity contribution in [3.05, 3.63) is 15.6 Å². The van der Waals surface area contributed by atoms with Gasteiger partial charge in [0.15, 0.2) is 0 Å². The lowest BCUT2D eigenvalue weighted by Crippen LogP contribution is -2.35. The van der Waals surface area contributed by atoms with Crippen LogP contribution in [0.5, 0.6) is 0 Å². The van der Waals surface area contributed by atoms with E-state index in [1.54, 1.807) is 0 Å². The fraction of sp³-hybridized carbons (Fsp3) is 0.769. The molecule has 1 aliphatic heterocycles. The first-order chi connectivity index (χ1) is 8.06. The molecular weight excluding hydrogens is 230 g/mol. The molecule has 0 spiro atoms. The molecule has 0 amide bonds. The highest BCUT2D eigenvalue weighted by atomic mass is 32.1. The Kier molecular flexibility index (Phi) is 4.17. The maximum absolute atomic E-state index is 4.75. The van der Waals surface area contributed by atoms with Crippen LogP contribution in [0.25, 0.3) is 0 Å². The van der Waals surface area contributed by atoms with Crippen molar-refractivity contribution in [3.63, 3.8) is 0 Å². The third kappa shape index (κ3) is 3.27. The van der Waals surface area contributed by atoms with Crippen LogP contribution in [0.4, 0.5) is 0 Å². The minimum atomic E-state index is 0.531. The second-order valence-corrected chi connectivity index (χ2v) is 6.50. The maximum Gasteiger partial charge on any atom is 0.107 e. The zero-order chi connectivity index (χ0) is 12.4. The van der Waals surface area contributed by atoms with Gasteiger partial charge in [0.25, 0.3) is 0 Å². The van der Waals surface area contributed by atoms with Gasteiger partial charge in [0.1, 0.15) is 5.01 Å². The van der Waals surface area contributed by atoms with Crippen LogP contribution in [0.3, 0.4) is 0 Å². The zero-order valence-corrected chi connectivity index (χ0v) is 12.1. The SMILES string of the molecule is CC(C)NCc1nc2c(s1)CN(C(C)C)CC2. The quantitative estimate of drug-likeness (QED) is 0.893. The Morgan fingerprint density at radius 1 is 1.35 bits per heavy atom. The molecule has 2 rings (SSSR count). The monoisotopic (exact) mass is 253 g/mol. The Bertz CT molecular complexity index is 371. The smallest absolute Gasteiger partial charge is 0.107 e. The lowest BCUT2D eigenvalue weighted by atomic mass is 10.1. The maximum atomic E-state index is 4.75. The highest BCUT2D eigenvalue weighted by Crippen LogP contribution is 2.26. The van der Waals surface area contributed by atoms with Crippen LogP contribution < -0.4 is 5.32 Å². The van der Waals surface area contributed by atoms with Crippen LogP contribution in [0.1, 0.15) is 43.3 Å². The van der Waals surface area contributed by atoms with E-state index in [-0.39, 0.29) is 0 Å². The molecule has 4 heteroatoms. The summed E-state index contributed by atoms with van der Waals surface area (Å²) in [6, 6.07) is 1.17. The van der Waals surface area contributed by atoms with Gasteiger partial charge < -0.3 is 5.32 Å². The summed E-state index contributed by atoms with van der Waals surface area (Å²) in [6.07, 6.45) is 1.12. The first-order valence-corrected chi connectivity index (χ1v) is 7.32. The van der Waals surface area contributed by atoms with Crippen molar-refractivity contribution in [3.8, 4) is 0 Å². The van der Waals surface area contributed by atoms with E-state index in [0.717, 1.165) is 26.1 Å². The predicted molar refractivity (Wildman–Crippen MR) is 73.3 cm³/mol. The van der Waals surface area contributed by atoms with E-state index in [0.29, 0.717) is 12.1 Å². The lowest BCUT2D eigenvalue weighted by Gasteiger charge is -2.29. The fourth-order valence-electron chi connectivity index (χ4n) is 2.08. The molecule has 0 unspecified atom stereocenters. The van der Waals surface area contributed by atoms with Gasteiger partial charge in [0.2, 0.25) is 0 Å². The first kappa shape index (κ1) is 13.0. The van der Waals surface area contributed by atoms with Gasteiger partial charge in [0, 0.05) is 43.0 Å². The number of nitrogens with zero attached hydrogens (tertiary/aromatic N) is 2. The molecule has 3 nitrogen and oxygen atoms in total. The third-order valence-corrected chi connectivity index (χ3v) is 4.28. The molecule has 0 saturated carbocycles. The van der Waals surface area contributed by atoms with Crippen LogP contribution in [0.15, 0.2) is 0 Å². The van der Waals surface area contributed by atoms with Crippen LogP contribution in [0.2, 0.25) is 0 Å². The van der Waals surface area contributed by atoms with Crippen LogP contribution >= 0.6 is 11.3 Å². The second kappa shape index (κ2) is 5.46. The third-order valence-electron chi connectivity index (χ3n) is 3.20. The predicted octanol–water partition coefficient (Wildman–Crippen LogP) is 2.41. The molecule has 0 atom stereocenters. The van der Waals surface area contributed by atoms with E-state index in [1.807, 2.05) is 11.3 Å². The molecule has 0 bridgehead atoms. The van der Waals surface area contributed by atoms with E-state index >= 15 is 0 Å². The number of rotatable bonds is 4. The van der Waals surface area contributed by atoms with Crippen molar-refractivity contribution in [2.45, 2.75) is 59.3 Å². The lowest BCUT2D eigenvalue weighted by molar-refractivity contribution is 0.205. The Labute approximate surface area is 108 Å². The van der Waals surface area contributed by atoms with E-state index < -0.39 is 0 Å². The summed E-state index contributed by atoms with van der Waals surface area (Å²) in [6.45, 7) is 12.1. The van der Waals surface area contributed by atoms with Gasteiger partial charge in [-0.3, -0.25) is 4.90 Å². The van der Waals surface area contributed by atoms with Gasteiger partial charge in [0.05, 0.1) is 5.69 Å². The standard InChI is InChI=1S/C13H23N3S/c1-9(2)14-7-13-15-11-5-6-16(10(3)4)8-12(11)17-13/h9-10,14H,5-8H2,1-4H3. The molecule has 0 aromatic carbocycles. The van der Waals surface area contributed by atoms with Gasteiger partial charge >= 0.3 is 0 Å². The number of aromatic nitrogens is 1. The molecule has 0 saturated heterocycles. The summed E-state index contributed by atoms with van der Waals surface area (Å²) in [4.78, 5) is 8.75. The summed E-state index contributed by atoms with van der Waals surface area (Å²) < 4.78 is 0. The molecule has 2 heterocycles. The number of hydrogen-bond donors (Lipinski definition) is 1. The van der Waals surface area contributed by atoms with Gasteiger partial charge in [-0.25, -0.2) is 4.98 Å². The number of hydrogen-bond acceptors (Lipinski definition) is 4. The molecule has 96 valence electrons. The molecular formula is C13H23N3S. The van der Waals surface area contributed by atoms with Crippen molar-refractivity contribution in [1.29, 1.82) is 0 Å². The average Bonchev–Trinajstić information content (AvgIpc) is 2.67. The minimum Gasteiger partial charge on any atom is -0.308 e. The molecule has 1 aromatic heterocycles. The number of nitrogens with one attached hydrogen (secondary N) is 1. The van der Waals surface area contributed by atoms with Gasteiger partial charge in [-0.1, -0.05) is 13.8 Å². The average molecular weight is 253 g/mol. The highest BCUT2D eigenvalue weighted by molar-refractivity contribution is 7.11. The molecule has 0 aliphatic carbocycles. The molecule has 1 aliphatic rings. The van der Waals surface area contributed by atoms with Crippen molar-refractivity contribution < 1.29 is 0 Å². The van der Waals surface area contributed by atoms with Crippen molar-refractivity contribution in [2.24, 2.45) is 0 Å². The van der Waals surface area contributed by atoms with Crippen LogP contribution in [0, 0.1) is 0 Å². The normalized spacial score (nSPS) is 16.8. The summed E-state index contributed by atoms with van der Waals surface area (Å²) in [5.74, 6) is 0. The minimum absolute atomic E-state index is 0.531. The molecule has 0 radical (unpaired) electrons.